The van der Waals surface area contributed by atoms with Crippen molar-refractivity contribution < 1.29 is 14.6 Å². The molecule has 5 heteroatoms. The van der Waals surface area contributed by atoms with Gasteiger partial charge in [0.15, 0.2) is 6.10 Å². The number of para-hydroxylation sites is 1. The molecule has 3 N–H and O–H groups in total. The van der Waals surface area contributed by atoms with E-state index in [9.17, 15) is 9.90 Å². The summed E-state index contributed by atoms with van der Waals surface area (Å²) in [6, 6.07) is 12.6. The van der Waals surface area contributed by atoms with E-state index in [0.29, 0.717) is 22.1 Å². The summed E-state index contributed by atoms with van der Waals surface area (Å²) in [7, 11) is 0. The smallest absolute Gasteiger partial charge is 0.250 e. The predicted molar refractivity (Wildman–Crippen MR) is 90.5 cm³/mol. The molecule has 0 aromatic heterocycles. The molecule has 0 radical (unpaired) electrons. The minimum absolute atomic E-state index is 0.184. The number of aliphatic hydroxyl groups is 1. The summed E-state index contributed by atoms with van der Waals surface area (Å²) in [5, 5.41) is 10.4. The van der Waals surface area contributed by atoms with Crippen molar-refractivity contribution in [3.8, 4) is 5.75 Å². The maximum atomic E-state index is 11.3. The van der Waals surface area contributed by atoms with Crippen LogP contribution in [-0.2, 0) is 11.4 Å². The molecule has 0 aliphatic heterocycles. The van der Waals surface area contributed by atoms with Crippen LogP contribution in [0.15, 0.2) is 42.5 Å². The Bertz CT molecular complexity index is 700. The first-order valence-electron chi connectivity index (χ1n) is 7.37. The number of nitrogens with two attached hydrogens (primary N) is 1. The molecular weight excluding hydrogens is 314 g/mol. The Morgan fingerprint density at radius 2 is 1.91 bits per heavy atom. The molecule has 2 aromatic rings. The van der Waals surface area contributed by atoms with E-state index in [1.807, 2.05) is 24.3 Å². The second-order valence-electron chi connectivity index (χ2n) is 5.63. The lowest BCUT2D eigenvalue weighted by atomic mass is 10.0. The van der Waals surface area contributed by atoms with Crippen molar-refractivity contribution in [1.82, 2.24) is 0 Å². The Labute approximate surface area is 140 Å². The van der Waals surface area contributed by atoms with Gasteiger partial charge in [0.25, 0.3) is 5.91 Å². The SMILES string of the molecule is CC(C)c1ccccc1OCc1cc(Cl)ccc1C(O)C(N)=O. The van der Waals surface area contributed by atoms with Crippen molar-refractivity contribution in [1.29, 1.82) is 0 Å². The van der Waals surface area contributed by atoms with Gasteiger partial charge in [0, 0.05) is 5.02 Å². The lowest BCUT2D eigenvalue weighted by Gasteiger charge is -2.17. The van der Waals surface area contributed by atoms with E-state index >= 15 is 0 Å². The fraction of sp³-hybridized carbons (Fsp3) is 0.278. The van der Waals surface area contributed by atoms with Crippen molar-refractivity contribution >= 4 is 17.5 Å². The van der Waals surface area contributed by atoms with E-state index < -0.39 is 12.0 Å². The van der Waals surface area contributed by atoms with Crippen LogP contribution in [0.1, 0.15) is 42.6 Å². The van der Waals surface area contributed by atoms with Crippen LogP contribution in [0.3, 0.4) is 0 Å². The number of aliphatic hydroxyl groups excluding tert-OH is 1. The summed E-state index contributed by atoms with van der Waals surface area (Å²) in [5.74, 6) is 0.277. The molecule has 0 heterocycles. The molecule has 0 spiro atoms. The summed E-state index contributed by atoms with van der Waals surface area (Å²) in [6.45, 7) is 4.36. The lowest BCUT2D eigenvalue weighted by molar-refractivity contribution is -0.126. The minimum Gasteiger partial charge on any atom is -0.489 e. The van der Waals surface area contributed by atoms with E-state index in [4.69, 9.17) is 22.1 Å². The Kier molecular flexibility index (Phi) is 5.64. The molecule has 1 atom stereocenters. The maximum absolute atomic E-state index is 11.3. The van der Waals surface area contributed by atoms with Gasteiger partial charge in [0.2, 0.25) is 0 Å². The first kappa shape index (κ1) is 17.3. The average molecular weight is 334 g/mol. The molecule has 1 amide bonds. The summed E-state index contributed by atoms with van der Waals surface area (Å²) in [4.78, 5) is 11.3. The molecule has 2 rings (SSSR count). The molecular formula is C18H20ClNO3. The van der Waals surface area contributed by atoms with Crippen LogP contribution in [0.25, 0.3) is 0 Å². The van der Waals surface area contributed by atoms with E-state index in [-0.39, 0.29) is 6.61 Å². The van der Waals surface area contributed by atoms with E-state index in [1.165, 1.54) is 0 Å². The van der Waals surface area contributed by atoms with Crippen LogP contribution in [0.2, 0.25) is 5.02 Å². The number of ether oxygens (including phenoxy) is 1. The minimum atomic E-state index is -1.38. The molecule has 1 unspecified atom stereocenters. The van der Waals surface area contributed by atoms with Gasteiger partial charge in [0.05, 0.1) is 0 Å². The number of primary amides is 1. The average Bonchev–Trinajstić information content (AvgIpc) is 2.52. The Hall–Kier alpha value is -2.04. The second kappa shape index (κ2) is 7.49. The number of hydrogen-bond acceptors (Lipinski definition) is 3. The highest BCUT2D eigenvalue weighted by Crippen LogP contribution is 2.28. The summed E-state index contributed by atoms with van der Waals surface area (Å²) in [5.41, 5.74) is 7.31. The third-order valence-electron chi connectivity index (χ3n) is 3.59. The van der Waals surface area contributed by atoms with Crippen molar-refractivity contribution in [3.63, 3.8) is 0 Å². The molecule has 0 fully saturated rings. The quantitative estimate of drug-likeness (QED) is 0.849. The van der Waals surface area contributed by atoms with Crippen LogP contribution < -0.4 is 10.5 Å². The van der Waals surface area contributed by atoms with Crippen LogP contribution in [-0.4, -0.2) is 11.0 Å². The van der Waals surface area contributed by atoms with Gasteiger partial charge in [-0.1, -0.05) is 49.7 Å². The highest BCUT2D eigenvalue weighted by molar-refractivity contribution is 6.30. The van der Waals surface area contributed by atoms with E-state index in [0.717, 1.165) is 11.3 Å². The third kappa shape index (κ3) is 4.24. The van der Waals surface area contributed by atoms with Gasteiger partial charge in [-0.05, 0) is 40.8 Å². The monoisotopic (exact) mass is 333 g/mol. The summed E-state index contributed by atoms with van der Waals surface area (Å²) < 4.78 is 5.89. The zero-order chi connectivity index (χ0) is 17.0. The highest BCUT2D eigenvalue weighted by Gasteiger charge is 2.18. The van der Waals surface area contributed by atoms with Gasteiger partial charge in [-0.15, -0.1) is 0 Å². The van der Waals surface area contributed by atoms with Gasteiger partial charge in [-0.2, -0.15) is 0 Å². The third-order valence-corrected chi connectivity index (χ3v) is 3.83. The molecule has 23 heavy (non-hydrogen) atoms. The van der Waals surface area contributed by atoms with Gasteiger partial charge in [0.1, 0.15) is 12.4 Å². The van der Waals surface area contributed by atoms with Gasteiger partial charge < -0.3 is 15.6 Å². The fourth-order valence-electron chi connectivity index (χ4n) is 2.36. The standard InChI is InChI=1S/C18H20ClNO3/c1-11(2)14-5-3-4-6-16(14)23-10-12-9-13(19)7-8-15(12)17(21)18(20)22/h3-9,11,17,21H,10H2,1-2H3,(H2,20,22). The largest absolute Gasteiger partial charge is 0.489 e. The number of amides is 1. The van der Waals surface area contributed by atoms with Crippen LogP contribution in [0.4, 0.5) is 0 Å². The molecule has 0 bridgehead atoms. The summed E-state index contributed by atoms with van der Waals surface area (Å²) >= 11 is 6.01. The van der Waals surface area contributed by atoms with Crippen molar-refractivity contribution in [3.05, 3.63) is 64.2 Å². The molecule has 4 nitrogen and oxygen atoms in total. The maximum Gasteiger partial charge on any atom is 0.250 e. The van der Waals surface area contributed by atoms with E-state index in [2.05, 4.69) is 13.8 Å². The topological polar surface area (TPSA) is 72.6 Å². The molecule has 0 aliphatic rings. The van der Waals surface area contributed by atoms with Gasteiger partial charge >= 0.3 is 0 Å². The van der Waals surface area contributed by atoms with Crippen LogP contribution in [0, 0.1) is 0 Å². The Balaban J connectivity index is 2.27. The molecule has 0 saturated heterocycles. The zero-order valence-corrected chi connectivity index (χ0v) is 13.9. The van der Waals surface area contributed by atoms with Gasteiger partial charge in [-0.3, -0.25) is 4.79 Å². The van der Waals surface area contributed by atoms with Crippen molar-refractivity contribution in [2.75, 3.05) is 0 Å². The molecule has 2 aromatic carbocycles. The zero-order valence-electron chi connectivity index (χ0n) is 13.1. The second-order valence-corrected chi connectivity index (χ2v) is 6.07. The lowest BCUT2D eigenvalue weighted by Crippen LogP contribution is -2.22. The number of carbonyl (C=O) groups is 1. The van der Waals surface area contributed by atoms with Crippen molar-refractivity contribution in [2.45, 2.75) is 32.5 Å². The number of carbonyl (C=O) groups excluding carboxylic acids is 1. The number of halogens is 1. The number of rotatable bonds is 6. The van der Waals surface area contributed by atoms with Crippen molar-refractivity contribution in [2.24, 2.45) is 5.73 Å². The van der Waals surface area contributed by atoms with Crippen LogP contribution in [0.5, 0.6) is 5.75 Å². The predicted octanol–water partition coefficient (Wildman–Crippen LogP) is 3.56. The Morgan fingerprint density at radius 3 is 2.57 bits per heavy atom. The first-order valence-corrected chi connectivity index (χ1v) is 7.75. The summed E-state index contributed by atoms with van der Waals surface area (Å²) in [6.07, 6.45) is -1.38. The number of hydrogen-bond donors (Lipinski definition) is 2. The molecule has 0 aliphatic carbocycles. The fourth-order valence-corrected chi connectivity index (χ4v) is 2.56. The molecule has 122 valence electrons. The molecule has 0 saturated carbocycles. The first-order chi connectivity index (χ1) is 10.9. The van der Waals surface area contributed by atoms with Gasteiger partial charge in [-0.25, -0.2) is 0 Å². The number of benzene rings is 2. The highest BCUT2D eigenvalue weighted by atomic mass is 35.5. The normalized spacial score (nSPS) is 12.2. The van der Waals surface area contributed by atoms with E-state index in [1.54, 1.807) is 18.2 Å². The Morgan fingerprint density at radius 1 is 1.22 bits per heavy atom. The van der Waals surface area contributed by atoms with Crippen LogP contribution >= 0.6 is 11.6 Å².